The quantitative estimate of drug-likeness (QED) is 0.792. The van der Waals surface area contributed by atoms with Crippen molar-refractivity contribution in [1.82, 2.24) is 9.80 Å². The van der Waals surface area contributed by atoms with E-state index in [9.17, 15) is 4.79 Å². The van der Waals surface area contributed by atoms with E-state index in [4.69, 9.17) is 4.42 Å². The molecular weight excluding hydrogens is 228 g/mol. The molecule has 2 aliphatic heterocycles. The fourth-order valence-corrected chi connectivity index (χ4v) is 3.49. The van der Waals surface area contributed by atoms with Crippen molar-refractivity contribution in [3.63, 3.8) is 0 Å². The van der Waals surface area contributed by atoms with Crippen molar-refractivity contribution in [3.05, 3.63) is 24.2 Å². The van der Waals surface area contributed by atoms with E-state index < -0.39 is 0 Å². The number of rotatable bonds is 2. The van der Waals surface area contributed by atoms with Gasteiger partial charge in [-0.3, -0.25) is 9.69 Å². The van der Waals surface area contributed by atoms with Gasteiger partial charge in [-0.05, 0) is 36.8 Å². The summed E-state index contributed by atoms with van der Waals surface area (Å²) in [5.41, 5.74) is 0. The first kappa shape index (κ1) is 10.6. The SMILES string of the molecule is O=C(c1ccco1)N1CC2CN(C3CC3)CC2C1. The second-order valence-corrected chi connectivity index (χ2v) is 5.89. The number of amides is 1. The maximum absolute atomic E-state index is 12.2. The maximum Gasteiger partial charge on any atom is 0.289 e. The lowest BCUT2D eigenvalue weighted by atomic mass is 10.0. The van der Waals surface area contributed by atoms with Crippen LogP contribution in [0.4, 0.5) is 0 Å². The van der Waals surface area contributed by atoms with Crippen LogP contribution in [0.3, 0.4) is 0 Å². The van der Waals surface area contributed by atoms with E-state index >= 15 is 0 Å². The molecule has 2 atom stereocenters. The van der Waals surface area contributed by atoms with E-state index in [2.05, 4.69) is 4.90 Å². The Morgan fingerprint density at radius 1 is 1.17 bits per heavy atom. The summed E-state index contributed by atoms with van der Waals surface area (Å²) in [6.07, 6.45) is 4.34. The van der Waals surface area contributed by atoms with Crippen LogP contribution in [0.2, 0.25) is 0 Å². The van der Waals surface area contributed by atoms with Crippen LogP contribution in [0.15, 0.2) is 22.8 Å². The van der Waals surface area contributed by atoms with Gasteiger partial charge in [-0.15, -0.1) is 0 Å². The van der Waals surface area contributed by atoms with Gasteiger partial charge in [0, 0.05) is 32.2 Å². The summed E-state index contributed by atoms with van der Waals surface area (Å²) in [6.45, 7) is 4.20. The third-order valence-electron chi connectivity index (χ3n) is 4.60. The molecule has 1 saturated carbocycles. The topological polar surface area (TPSA) is 36.7 Å². The van der Waals surface area contributed by atoms with Crippen molar-refractivity contribution >= 4 is 5.91 Å². The van der Waals surface area contributed by atoms with E-state index in [1.54, 1.807) is 18.4 Å². The Hall–Kier alpha value is -1.29. The molecule has 0 aromatic carbocycles. The van der Waals surface area contributed by atoms with Crippen LogP contribution in [0.1, 0.15) is 23.4 Å². The van der Waals surface area contributed by atoms with Crippen molar-refractivity contribution in [2.75, 3.05) is 26.2 Å². The third-order valence-corrected chi connectivity index (χ3v) is 4.60. The highest BCUT2D eigenvalue weighted by Crippen LogP contribution is 2.38. The Balaban J connectivity index is 1.42. The van der Waals surface area contributed by atoms with Gasteiger partial charge in [0.25, 0.3) is 5.91 Å². The number of carbonyl (C=O) groups is 1. The Morgan fingerprint density at radius 3 is 2.44 bits per heavy atom. The zero-order valence-electron chi connectivity index (χ0n) is 10.4. The van der Waals surface area contributed by atoms with Crippen LogP contribution in [-0.4, -0.2) is 47.9 Å². The van der Waals surface area contributed by atoms with E-state index in [-0.39, 0.29) is 5.91 Å². The van der Waals surface area contributed by atoms with Crippen LogP contribution in [0, 0.1) is 11.8 Å². The number of furan rings is 1. The fourth-order valence-electron chi connectivity index (χ4n) is 3.49. The molecule has 2 saturated heterocycles. The van der Waals surface area contributed by atoms with Gasteiger partial charge in [0.15, 0.2) is 5.76 Å². The minimum atomic E-state index is 0.0624. The van der Waals surface area contributed by atoms with E-state index in [1.165, 1.54) is 25.9 Å². The average Bonchev–Trinajstić information content (AvgIpc) is 2.81. The molecule has 0 radical (unpaired) electrons. The Kier molecular flexibility index (Phi) is 2.27. The monoisotopic (exact) mass is 246 g/mol. The fraction of sp³-hybridized carbons (Fsp3) is 0.643. The minimum absolute atomic E-state index is 0.0624. The van der Waals surface area contributed by atoms with Crippen molar-refractivity contribution in [2.24, 2.45) is 11.8 Å². The number of nitrogens with zero attached hydrogens (tertiary/aromatic N) is 2. The number of carbonyl (C=O) groups excluding carboxylic acids is 1. The average molecular weight is 246 g/mol. The van der Waals surface area contributed by atoms with Gasteiger partial charge in [-0.25, -0.2) is 0 Å². The van der Waals surface area contributed by atoms with Crippen molar-refractivity contribution in [1.29, 1.82) is 0 Å². The first-order valence-corrected chi connectivity index (χ1v) is 6.88. The standard InChI is InChI=1S/C14H18N2O2/c17-14(13-2-1-5-18-13)16-8-10-6-15(12-3-4-12)7-11(10)9-16/h1-2,5,10-12H,3-4,6-9H2. The molecule has 1 aromatic heterocycles. The zero-order valence-corrected chi connectivity index (χ0v) is 10.4. The van der Waals surface area contributed by atoms with Crippen LogP contribution in [0.5, 0.6) is 0 Å². The van der Waals surface area contributed by atoms with Gasteiger partial charge >= 0.3 is 0 Å². The highest BCUT2D eigenvalue weighted by molar-refractivity contribution is 5.91. The minimum Gasteiger partial charge on any atom is -0.459 e. The van der Waals surface area contributed by atoms with Crippen molar-refractivity contribution in [3.8, 4) is 0 Å². The molecule has 96 valence electrons. The molecule has 3 fully saturated rings. The second-order valence-electron chi connectivity index (χ2n) is 5.89. The molecule has 1 aliphatic carbocycles. The lowest BCUT2D eigenvalue weighted by Gasteiger charge is -2.20. The first-order valence-electron chi connectivity index (χ1n) is 6.88. The molecule has 3 heterocycles. The molecule has 4 heteroatoms. The second kappa shape index (κ2) is 3.85. The number of hydrogen-bond acceptors (Lipinski definition) is 3. The molecular formula is C14H18N2O2. The molecule has 0 bridgehead atoms. The van der Waals surface area contributed by atoms with Gasteiger partial charge in [0.1, 0.15) is 0 Å². The van der Waals surface area contributed by atoms with E-state index in [0.717, 1.165) is 19.1 Å². The molecule has 4 rings (SSSR count). The predicted molar refractivity (Wildman–Crippen MR) is 66.2 cm³/mol. The third kappa shape index (κ3) is 1.67. The molecule has 2 unspecified atom stereocenters. The van der Waals surface area contributed by atoms with Gasteiger partial charge < -0.3 is 9.32 Å². The number of fused-ring (bicyclic) bond motifs is 1. The van der Waals surface area contributed by atoms with Gasteiger partial charge in [-0.1, -0.05) is 0 Å². The Labute approximate surface area is 107 Å². The molecule has 0 spiro atoms. The van der Waals surface area contributed by atoms with Crippen LogP contribution < -0.4 is 0 Å². The van der Waals surface area contributed by atoms with E-state index in [0.29, 0.717) is 17.6 Å². The smallest absolute Gasteiger partial charge is 0.289 e. The van der Waals surface area contributed by atoms with Crippen molar-refractivity contribution < 1.29 is 9.21 Å². The van der Waals surface area contributed by atoms with Crippen LogP contribution in [0.25, 0.3) is 0 Å². The Bertz CT molecular complexity index is 438. The molecule has 3 aliphatic rings. The van der Waals surface area contributed by atoms with Gasteiger partial charge in [-0.2, -0.15) is 0 Å². The summed E-state index contributed by atoms with van der Waals surface area (Å²) >= 11 is 0. The number of likely N-dealkylation sites (tertiary alicyclic amines) is 2. The molecule has 0 N–H and O–H groups in total. The summed E-state index contributed by atoms with van der Waals surface area (Å²) in [5.74, 6) is 1.91. The number of hydrogen-bond donors (Lipinski definition) is 0. The summed E-state index contributed by atoms with van der Waals surface area (Å²) in [5, 5.41) is 0. The summed E-state index contributed by atoms with van der Waals surface area (Å²) in [6, 6.07) is 4.40. The zero-order chi connectivity index (χ0) is 12.1. The van der Waals surface area contributed by atoms with Gasteiger partial charge in [0.2, 0.25) is 0 Å². The largest absolute Gasteiger partial charge is 0.459 e. The van der Waals surface area contributed by atoms with Crippen LogP contribution >= 0.6 is 0 Å². The summed E-state index contributed by atoms with van der Waals surface area (Å²) < 4.78 is 5.20. The maximum atomic E-state index is 12.2. The van der Waals surface area contributed by atoms with Crippen LogP contribution in [-0.2, 0) is 0 Å². The Morgan fingerprint density at radius 2 is 1.89 bits per heavy atom. The highest BCUT2D eigenvalue weighted by atomic mass is 16.3. The lowest BCUT2D eigenvalue weighted by Crippen LogP contribution is -2.33. The van der Waals surface area contributed by atoms with Gasteiger partial charge in [0.05, 0.1) is 6.26 Å². The summed E-state index contributed by atoms with van der Waals surface area (Å²) in [7, 11) is 0. The molecule has 1 amide bonds. The molecule has 18 heavy (non-hydrogen) atoms. The summed E-state index contributed by atoms with van der Waals surface area (Å²) in [4.78, 5) is 16.8. The van der Waals surface area contributed by atoms with E-state index in [1.807, 2.05) is 4.90 Å². The molecule has 1 aromatic rings. The van der Waals surface area contributed by atoms with Crippen molar-refractivity contribution in [2.45, 2.75) is 18.9 Å². The predicted octanol–water partition coefficient (Wildman–Crippen LogP) is 1.45. The first-order chi connectivity index (χ1) is 8.81. The highest BCUT2D eigenvalue weighted by Gasteiger charge is 2.45. The lowest BCUT2D eigenvalue weighted by molar-refractivity contribution is 0.0742. The molecule has 4 nitrogen and oxygen atoms in total. The normalized spacial score (nSPS) is 31.9.